The van der Waals surface area contributed by atoms with Crippen LogP contribution in [0.4, 0.5) is 5.69 Å². The van der Waals surface area contributed by atoms with Crippen LogP contribution in [-0.4, -0.2) is 26.2 Å². The summed E-state index contributed by atoms with van der Waals surface area (Å²) in [7, 11) is 1.59. The molecule has 9 nitrogen and oxygen atoms in total. The smallest absolute Gasteiger partial charge is 0.281 e. The van der Waals surface area contributed by atoms with Crippen LogP contribution in [0.1, 0.15) is 24.5 Å². The van der Waals surface area contributed by atoms with Crippen molar-refractivity contribution in [3.8, 4) is 11.8 Å². The van der Waals surface area contributed by atoms with Crippen LogP contribution < -0.4 is 16.0 Å². The number of aromatic nitrogens is 3. The predicted molar refractivity (Wildman–Crippen MR) is 148 cm³/mol. The molecule has 1 aliphatic rings. The highest BCUT2D eigenvalue weighted by molar-refractivity contribution is 6.26. The Balaban J connectivity index is 1.54. The number of hydrogen-bond acceptors (Lipinski definition) is 5. The molecule has 1 N–H and O–H groups in total. The van der Waals surface area contributed by atoms with Gasteiger partial charge in [-0.1, -0.05) is 48.6 Å². The van der Waals surface area contributed by atoms with E-state index >= 15 is 0 Å². The Labute approximate surface area is 223 Å². The molecule has 5 rings (SSSR count). The normalized spacial score (nSPS) is 15.9. The van der Waals surface area contributed by atoms with E-state index in [4.69, 9.17) is 0 Å². The number of para-hydroxylation sites is 2. The fourth-order valence-corrected chi connectivity index (χ4v) is 4.99. The molecule has 0 bridgehead atoms. The first kappa shape index (κ1) is 25.4. The van der Waals surface area contributed by atoms with Crippen LogP contribution in [-0.2, 0) is 16.6 Å². The maximum Gasteiger partial charge on any atom is 0.281 e. The quantitative estimate of drug-likeness (QED) is 0.403. The maximum absolute atomic E-state index is 13.4. The number of carbonyl (C=O) groups is 2. The van der Waals surface area contributed by atoms with Gasteiger partial charge in [0.05, 0.1) is 22.7 Å². The first-order valence-electron chi connectivity index (χ1n) is 12.4. The third-order valence-electron chi connectivity index (χ3n) is 7.17. The molecule has 194 valence electrons. The van der Waals surface area contributed by atoms with Crippen LogP contribution >= 0.6 is 0 Å². The molecule has 0 spiro atoms. The minimum atomic E-state index is -0.760. The highest BCUT2D eigenvalue weighted by Crippen LogP contribution is 2.32. The Kier molecular flexibility index (Phi) is 6.46. The summed E-state index contributed by atoms with van der Waals surface area (Å²) in [6.07, 6.45) is 3.44. The van der Waals surface area contributed by atoms with Gasteiger partial charge in [0.15, 0.2) is 0 Å². The molecule has 39 heavy (non-hydrogen) atoms. The number of nitrogens with zero attached hydrogens (tertiary/aromatic N) is 4. The fourth-order valence-electron chi connectivity index (χ4n) is 4.99. The number of H-pyrrole nitrogens is 1. The number of nitrogens with one attached hydrogen (secondary N) is 1. The second-order valence-corrected chi connectivity index (χ2v) is 9.39. The van der Waals surface area contributed by atoms with Crippen molar-refractivity contribution in [2.75, 3.05) is 4.90 Å². The molecule has 0 fully saturated rings. The monoisotopic (exact) mass is 519 g/mol. The van der Waals surface area contributed by atoms with Gasteiger partial charge in [-0.3, -0.25) is 28.8 Å². The van der Waals surface area contributed by atoms with E-state index < -0.39 is 17.7 Å². The molecule has 0 aliphatic carbocycles. The van der Waals surface area contributed by atoms with Crippen LogP contribution in [0.5, 0.6) is 0 Å². The molecule has 2 aromatic heterocycles. The Bertz CT molecular complexity index is 1850. The van der Waals surface area contributed by atoms with Crippen molar-refractivity contribution < 1.29 is 9.59 Å². The molecule has 1 aliphatic heterocycles. The molecule has 9 heteroatoms. The average Bonchev–Trinajstić information content (AvgIpc) is 3.29. The van der Waals surface area contributed by atoms with E-state index in [0.717, 1.165) is 4.90 Å². The summed E-state index contributed by atoms with van der Waals surface area (Å²) in [4.78, 5) is 54.0. The van der Waals surface area contributed by atoms with Crippen LogP contribution in [0.15, 0.2) is 87.5 Å². The zero-order chi connectivity index (χ0) is 27.8. The van der Waals surface area contributed by atoms with Crippen LogP contribution in [0.25, 0.3) is 22.8 Å². The molecule has 0 saturated carbocycles. The summed E-state index contributed by atoms with van der Waals surface area (Å²) in [5.74, 6) is -1.85. The fraction of sp³-hybridized carbons (Fsp3) is 0.167. The topological polar surface area (TPSA) is 121 Å². The number of aromatic amines is 1. The van der Waals surface area contributed by atoms with Crippen LogP contribution in [0.2, 0.25) is 0 Å². The highest BCUT2D eigenvalue weighted by atomic mass is 16.2. The van der Waals surface area contributed by atoms with Crippen LogP contribution in [0.3, 0.4) is 0 Å². The Morgan fingerprint density at radius 2 is 1.54 bits per heavy atom. The van der Waals surface area contributed by atoms with E-state index in [9.17, 15) is 24.4 Å². The molecular weight excluding hydrogens is 494 g/mol. The third kappa shape index (κ3) is 4.12. The van der Waals surface area contributed by atoms with Gasteiger partial charge in [-0.25, -0.2) is 9.58 Å². The molecule has 2 amide bonds. The minimum Gasteiger partial charge on any atom is -0.296 e. The van der Waals surface area contributed by atoms with Crippen molar-refractivity contribution >= 4 is 34.6 Å². The molecule has 0 saturated heterocycles. The van der Waals surface area contributed by atoms with Gasteiger partial charge in [-0.15, -0.1) is 0 Å². The van der Waals surface area contributed by atoms with Crippen molar-refractivity contribution in [2.45, 2.75) is 20.3 Å². The molecular formula is C30H25N5O4. The van der Waals surface area contributed by atoms with Crippen molar-refractivity contribution in [3.05, 3.63) is 110 Å². The summed E-state index contributed by atoms with van der Waals surface area (Å²) in [5, 5.41) is 13.1. The number of hydrogen-bond donors (Lipinski definition) is 1. The first-order valence-corrected chi connectivity index (χ1v) is 12.4. The number of carbonyl (C=O) groups excluding carboxylic acids is 2. The van der Waals surface area contributed by atoms with Gasteiger partial charge in [-0.05, 0) is 55.7 Å². The van der Waals surface area contributed by atoms with Gasteiger partial charge >= 0.3 is 0 Å². The number of pyridine rings is 1. The summed E-state index contributed by atoms with van der Waals surface area (Å²) in [6.45, 7) is 3.33. The first-order chi connectivity index (χ1) is 18.8. The number of fused-ring (bicyclic) bond motifs is 1. The lowest BCUT2D eigenvalue weighted by Gasteiger charge is -2.31. The second kappa shape index (κ2) is 9.91. The van der Waals surface area contributed by atoms with E-state index in [1.165, 1.54) is 9.25 Å². The number of allylic oxidation sites excluding steroid dienone is 1. The maximum atomic E-state index is 13.4. The number of anilines is 1. The van der Waals surface area contributed by atoms with Gasteiger partial charge < -0.3 is 0 Å². The van der Waals surface area contributed by atoms with E-state index in [1.54, 1.807) is 75.5 Å². The number of aryl methyl sites for hydroxylation is 2. The number of nitriles is 1. The number of imide groups is 1. The standard InChI is InChI=1S/C30H25N5O4/c1-18-22(28(37)34(29(38)24(18)17-31)20-11-6-4-7-12-20)15-10-16-23-19(2)25-26(33(3)27(23)36)32-35(30(25)39)21-13-8-5-9-14-21/h4-14,16,22,32H,15H2,1-3H3. The van der Waals surface area contributed by atoms with Gasteiger partial charge in [0.1, 0.15) is 17.3 Å². The van der Waals surface area contributed by atoms with Crippen molar-refractivity contribution in [3.63, 3.8) is 0 Å². The summed E-state index contributed by atoms with van der Waals surface area (Å²) >= 11 is 0. The van der Waals surface area contributed by atoms with E-state index in [-0.39, 0.29) is 23.1 Å². The van der Waals surface area contributed by atoms with Crippen LogP contribution in [0, 0.1) is 24.2 Å². The molecule has 4 aromatic rings. The predicted octanol–water partition coefficient (Wildman–Crippen LogP) is 3.76. The second-order valence-electron chi connectivity index (χ2n) is 9.39. The molecule has 1 unspecified atom stereocenters. The zero-order valence-corrected chi connectivity index (χ0v) is 21.6. The summed E-state index contributed by atoms with van der Waals surface area (Å²) in [6, 6.07) is 19.5. The molecule has 1 atom stereocenters. The largest absolute Gasteiger partial charge is 0.296 e. The minimum absolute atomic E-state index is 0.0702. The Morgan fingerprint density at radius 3 is 2.15 bits per heavy atom. The lowest BCUT2D eigenvalue weighted by molar-refractivity contribution is -0.127. The van der Waals surface area contributed by atoms with Gasteiger partial charge in [0.2, 0.25) is 5.91 Å². The average molecular weight is 520 g/mol. The summed E-state index contributed by atoms with van der Waals surface area (Å²) < 4.78 is 2.79. The Morgan fingerprint density at radius 1 is 0.923 bits per heavy atom. The van der Waals surface area contributed by atoms with Crippen molar-refractivity contribution in [1.82, 2.24) is 14.3 Å². The lowest BCUT2D eigenvalue weighted by Crippen LogP contribution is -2.46. The summed E-state index contributed by atoms with van der Waals surface area (Å²) in [5.41, 5.74) is 2.00. The van der Waals surface area contributed by atoms with Crippen molar-refractivity contribution in [1.29, 1.82) is 5.26 Å². The number of rotatable bonds is 5. The molecule has 3 heterocycles. The van der Waals surface area contributed by atoms with Gasteiger partial charge in [0, 0.05) is 12.6 Å². The van der Waals surface area contributed by atoms with Gasteiger partial charge in [0.25, 0.3) is 17.0 Å². The van der Waals surface area contributed by atoms with Gasteiger partial charge in [-0.2, -0.15) is 5.26 Å². The molecule has 0 radical (unpaired) electrons. The zero-order valence-electron chi connectivity index (χ0n) is 21.6. The lowest BCUT2D eigenvalue weighted by atomic mass is 9.87. The molecule has 2 aromatic carbocycles. The Hall–Kier alpha value is -5.23. The SMILES string of the molecule is CC1=C(C#N)C(=O)N(c2ccccc2)C(=O)C1CC=Cc1c(C)c2c(=O)n(-c3ccccc3)[nH]c2n(C)c1=O. The van der Waals surface area contributed by atoms with E-state index in [0.29, 0.717) is 39.1 Å². The number of benzene rings is 2. The third-order valence-corrected chi connectivity index (χ3v) is 7.17. The number of amides is 2. The van der Waals surface area contributed by atoms with E-state index in [1.807, 2.05) is 24.3 Å². The van der Waals surface area contributed by atoms with Crippen molar-refractivity contribution in [2.24, 2.45) is 13.0 Å². The van der Waals surface area contributed by atoms with E-state index in [2.05, 4.69) is 5.10 Å². The highest BCUT2D eigenvalue weighted by Gasteiger charge is 2.39.